The maximum Gasteiger partial charge on any atom is 0.270 e. The number of carbonyl (C=O) groups is 3. The van der Waals surface area contributed by atoms with Crippen molar-refractivity contribution in [3.05, 3.63) is 46.5 Å². The van der Waals surface area contributed by atoms with E-state index in [4.69, 9.17) is 0 Å². The predicted molar refractivity (Wildman–Crippen MR) is 81.2 cm³/mol. The zero-order valence-electron chi connectivity index (χ0n) is 11.5. The molecule has 22 heavy (non-hydrogen) atoms. The van der Waals surface area contributed by atoms with E-state index in [1.165, 1.54) is 0 Å². The second kappa shape index (κ2) is 4.78. The first-order valence-corrected chi connectivity index (χ1v) is 7.98. The zero-order valence-corrected chi connectivity index (χ0v) is 13.1. The molecular formula is C16H13BrN2O3. The molecule has 1 saturated carbocycles. The monoisotopic (exact) mass is 360 g/mol. The molecule has 6 heteroatoms. The van der Waals surface area contributed by atoms with Gasteiger partial charge < -0.3 is 0 Å². The van der Waals surface area contributed by atoms with Crippen molar-refractivity contribution in [2.24, 2.45) is 23.7 Å². The Morgan fingerprint density at radius 3 is 2.14 bits per heavy atom. The summed E-state index contributed by atoms with van der Waals surface area (Å²) in [7, 11) is 0. The van der Waals surface area contributed by atoms with Gasteiger partial charge in [-0.15, -0.1) is 0 Å². The van der Waals surface area contributed by atoms with Crippen LogP contribution in [0.2, 0.25) is 0 Å². The number of amides is 3. The first kappa shape index (κ1) is 13.7. The highest BCUT2D eigenvalue weighted by molar-refractivity contribution is 9.10. The fourth-order valence-electron chi connectivity index (χ4n) is 3.78. The van der Waals surface area contributed by atoms with Crippen molar-refractivity contribution in [1.29, 1.82) is 0 Å². The lowest BCUT2D eigenvalue weighted by Gasteiger charge is -2.18. The van der Waals surface area contributed by atoms with Crippen molar-refractivity contribution in [3.8, 4) is 0 Å². The van der Waals surface area contributed by atoms with Crippen molar-refractivity contribution in [2.75, 3.05) is 0 Å². The first-order valence-electron chi connectivity index (χ1n) is 7.19. The topological polar surface area (TPSA) is 66.5 Å². The minimum atomic E-state index is -0.450. The summed E-state index contributed by atoms with van der Waals surface area (Å²) in [6.07, 6.45) is 4.93. The van der Waals surface area contributed by atoms with Crippen molar-refractivity contribution in [2.45, 2.75) is 6.42 Å². The summed E-state index contributed by atoms with van der Waals surface area (Å²) < 4.78 is 0.856. The largest absolute Gasteiger partial charge is 0.272 e. The van der Waals surface area contributed by atoms with Gasteiger partial charge in [-0.05, 0) is 42.5 Å². The number of fused-ring (bicyclic) bond motifs is 5. The van der Waals surface area contributed by atoms with Crippen LogP contribution in [0.5, 0.6) is 0 Å². The van der Waals surface area contributed by atoms with Gasteiger partial charge in [0.15, 0.2) is 0 Å². The van der Waals surface area contributed by atoms with Crippen LogP contribution in [0.25, 0.3) is 0 Å². The third kappa shape index (κ3) is 1.86. The average molecular weight is 361 g/mol. The summed E-state index contributed by atoms with van der Waals surface area (Å²) in [5, 5.41) is 0.922. The summed E-state index contributed by atoms with van der Waals surface area (Å²) in [6, 6.07) is 6.75. The fourth-order valence-corrected chi connectivity index (χ4v) is 4.04. The number of allylic oxidation sites excluding steroid dienone is 2. The molecule has 1 aliphatic heterocycles. The van der Waals surface area contributed by atoms with Crippen LogP contribution in [0.1, 0.15) is 16.8 Å². The van der Waals surface area contributed by atoms with E-state index in [1.807, 2.05) is 12.2 Å². The van der Waals surface area contributed by atoms with Crippen molar-refractivity contribution >= 4 is 33.7 Å². The van der Waals surface area contributed by atoms with Gasteiger partial charge in [0, 0.05) is 10.0 Å². The second-order valence-electron chi connectivity index (χ2n) is 5.96. The van der Waals surface area contributed by atoms with Gasteiger partial charge in [0.05, 0.1) is 11.8 Å². The van der Waals surface area contributed by atoms with Crippen LogP contribution in [-0.2, 0) is 9.59 Å². The molecule has 112 valence electrons. The van der Waals surface area contributed by atoms with E-state index in [2.05, 4.69) is 21.4 Å². The molecule has 1 heterocycles. The highest BCUT2D eigenvalue weighted by atomic mass is 79.9. The lowest BCUT2D eigenvalue weighted by molar-refractivity contribution is -0.143. The van der Waals surface area contributed by atoms with E-state index >= 15 is 0 Å². The number of imide groups is 1. The van der Waals surface area contributed by atoms with Crippen molar-refractivity contribution in [3.63, 3.8) is 0 Å². The van der Waals surface area contributed by atoms with Gasteiger partial charge in [-0.1, -0.05) is 28.1 Å². The van der Waals surface area contributed by atoms with E-state index < -0.39 is 5.91 Å². The Kier molecular flexibility index (Phi) is 2.97. The van der Waals surface area contributed by atoms with Crippen LogP contribution in [0, 0.1) is 23.7 Å². The molecule has 1 aromatic rings. The molecule has 1 aromatic carbocycles. The number of halogens is 1. The average Bonchev–Trinajstić information content (AvgIpc) is 3.17. The molecular weight excluding hydrogens is 348 g/mol. The molecule has 1 saturated heterocycles. The van der Waals surface area contributed by atoms with Crippen LogP contribution in [0.4, 0.5) is 0 Å². The van der Waals surface area contributed by atoms with E-state index in [9.17, 15) is 14.4 Å². The SMILES string of the molecule is O=C(NN1C(=O)[C@@H]2[C@H](C1=O)[C@@H]1C=C[C@@H]2C1)c1ccc(Br)cc1. The first-order chi connectivity index (χ1) is 10.6. The second-order valence-corrected chi connectivity index (χ2v) is 6.88. The Morgan fingerprint density at radius 2 is 1.59 bits per heavy atom. The van der Waals surface area contributed by atoms with Gasteiger partial charge in [-0.2, -0.15) is 5.01 Å². The number of hydrogen-bond acceptors (Lipinski definition) is 3. The smallest absolute Gasteiger partial charge is 0.270 e. The number of hydrogen-bond donors (Lipinski definition) is 1. The summed E-state index contributed by atoms with van der Waals surface area (Å²) >= 11 is 3.30. The van der Waals surface area contributed by atoms with E-state index in [1.54, 1.807) is 24.3 Å². The van der Waals surface area contributed by atoms with Crippen molar-refractivity contribution < 1.29 is 14.4 Å². The number of benzene rings is 1. The molecule has 4 rings (SSSR count). The van der Waals surface area contributed by atoms with Crippen LogP contribution < -0.4 is 5.43 Å². The summed E-state index contributed by atoms with van der Waals surface area (Å²) in [4.78, 5) is 37.1. The van der Waals surface area contributed by atoms with Gasteiger partial charge in [0.1, 0.15) is 0 Å². The molecule has 2 aliphatic carbocycles. The molecule has 2 bridgehead atoms. The molecule has 1 N–H and O–H groups in total. The Hall–Kier alpha value is -1.95. The summed E-state index contributed by atoms with van der Waals surface area (Å²) in [6.45, 7) is 0. The Labute approximate surface area is 135 Å². The third-order valence-electron chi connectivity index (χ3n) is 4.79. The predicted octanol–water partition coefficient (Wildman–Crippen LogP) is 1.90. The summed E-state index contributed by atoms with van der Waals surface area (Å²) in [5.41, 5.74) is 2.87. The molecule has 3 aliphatic rings. The molecule has 5 nitrogen and oxygen atoms in total. The van der Waals surface area contributed by atoms with Gasteiger partial charge in [0.25, 0.3) is 17.7 Å². The fraction of sp³-hybridized carbons (Fsp3) is 0.312. The lowest BCUT2D eigenvalue weighted by atomic mass is 9.85. The van der Waals surface area contributed by atoms with E-state index in [-0.39, 0.29) is 35.5 Å². The Morgan fingerprint density at radius 1 is 1.05 bits per heavy atom. The number of rotatable bonds is 2. The number of carbonyl (C=O) groups excluding carboxylic acids is 3. The molecule has 0 radical (unpaired) electrons. The molecule has 0 spiro atoms. The standard InChI is InChI=1S/C16H13BrN2O3/c17-11-5-3-8(4-6-11)14(20)18-19-15(21)12-9-1-2-10(7-9)13(12)16(19)22/h1-6,9-10,12-13H,7H2,(H,18,20)/t9-,10-,12-,13+/m1/s1. The van der Waals surface area contributed by atoms with Crippen molar-refractivity contribution in [1.82, 2.24) is 10.4 Å². The maximum atomic E-state index is 12.5. The zero-order chi connectivity index (χ0) is 15.4. The Bertz CT molecular complexity index is 683. The Balaban J connectivity index is 1.54. The van der Waals surface area contributed by atoms with Gasteiger partial charge in [-0.3, -0.25) is 19.8 Å². The van der Waals surface area contributed by atoms with Gasteiger partial charge in [0.2, 0.25) is 0 Å². The lowest BCUT2D eigenvalue weighted by Crippen LogP contribution is -2.47. The number of nitrogens with zero attached hydrogens (tertiary/aromatic N) is 1. The molecule has 2 fully saturated rings. The minimum absolute atomic E-state index is 0.140. The molecule has 0 unspecified atom stereocenters. The molecule has 0 aromatic heterocycles. The third-order valence-corrected chi connectivity index (χ3v) is 5.32. The van der Waals surface area contributed by atoms with Crippen LogP contribution in [0.15, 0.2) is 40.9 Å². The maximum absolute atomic E-state index is 12.5. The summed E-state index contributed by atoms with van der Waals surface area (Å²) in [5.74, 6) is -1.33. The van der Waals surface area contributed by atoms with Gasteiger partial charge >= 0.3 is 0 Å². The van der Waals surface area contributed by atoms with E-state index in [0.29, 0.717) is 5.56 Å². The highest BCUT2D eigenvalue weighted by Crippen LogP contribution is 2.52. The van der Waals surface area contributed by atoms with E-state index in [0.717, 1.165) is 15.9 Å². The quantitative estimate of drug-likeness (QED) is 0.646. The van der Waals surface area contributed by atoms with Gasteiger partial charge in [-0.25, -0.2) is 0 Å². The number of hydrazine groups is 1. The molecule has 4 atom stereocenters. The minimum Gasteiger partial charge on any atom is -0.272 e. The highest BCUT2D eigenvalue weighted by Gasteiger charge is 2.59. The van der Waals surface area contributed by atoms with Crippen LogP contribution >= 0.6 is 15.9 Å². The molecule has 3 amide bonds. The number of nitrogens with one attached hydrogen (secondary N) is 1. The van der Waals surface area contributed by atoms with Crippen LogP contribution in [0.3, 0.4) is 0 Å². The normalized spacial score (nSPS) is 31.8. The van der Waals surface area contributed by atoms with Crippen LogP contribution in [-0.4, -0.2) is 22.7 Å².